The number of rotatable bonds is 6. The molecule has 1 aromatic carbocycles. The molecular weight excluding hydrogens is 390 g/mol. The van der Waals surface area contributed by atoms with Gasteiger partial charge in [0, 0.05) is 5.56 Å². The number of amides is 1. The number of nitrogen functional groups attached to an aromatic ring is 1. The Morgan fingerprint density at radius 3 is 2.62 bits per heavy atom. The molecule has 1 amide bonds. The number of anilines is 2. The monoisotopic (exact) mass is 406 g/mol. The SMILES string of the molecule is CC[n+]1cc(NC(=O)CSc2nc(N)c(C#N)c(-c3ccccc3)c2C#N)on1. The fourth-order valence-electron chi connectivity index (χ4n) is 2.59. The van der Waals surface area contributed by atoms with Crippen molar-refractivity contribution in [2.24, 2.45) is 0 Å². The number of thioether (sulfide) groups is 1. The number of hydrogen-bond acceptors (Lipinski definition) is 8. The lowest BCUT2D eigenvalue weighted by atomic mass is 9.97. The summed E-state index contributed by atoms with van der Waals surface area (Å²) in [6, 6.07) is 13.1. The van der Waals surface area contributed by atoms with Crippen LogP contribution >= 0.6 is 11.8 Å². The number of nitrogens with one attached hydrogen (secondary N) is 1. The van der Waals surface area contributed by atoms with E-state index in [0.717, 1.165) is 11.8 Å². The second-order valence-electron chi connectivity index (χ2n) is 5.78. The first-order valence-electron chi connectivity index (χ1n) is 8.55. The summed E-state index contributed by atoms with van der Waals surface area (Å²) in [4.78, 5) is 16.4. The number of carbonyl (C=O) groups excluding carboxylic acids is 1. The number of pyridine rings is 1. The molecule has 3 rings (SSSR count). The molecule has 29 heavy (non-hydrogen) atoms. The van der Waals surface area contributed by atoms with Crippen LogP contribution in [0, 0.1) is 22.7 Å². The van der Waals surface area contributed by atoms with Gasteiger partial charge in [0.15, 0.2) is 6.54 Å². The van der Waals surface area contributed by atoms with Gasteiger partial charge in [-0.05, 0) is 12.5 Å². The van der Waals surface area contributed by atoms with Crippen LogP contribution in [0.25, 0.3) is 11.1 Å². The summed E-state index contributed by atoms with van der Waals surface area (Å²) < 4.78 is 6.53. The Morgan fingerprint density at radius 2 is 2.00 bits per heavy atom. The van der Waals surface area contributed by atoms with Crippen molar-refractivity contribution in [3.63, 3.8) is 0 Å². The van der Waals surface area contributed by atoms with Crippen LogP contribution in [-0.2, 0) is 11.3 Å². The smallest absolute Gasteiger partial charge is 0.302 e. The lowest BCUT2D eigenvalue weighted by Crippen LogP contribution is -2.32. The van der Waals surface area contributed by atoms with Crippen molar-refractivity contribution in [1.29, 1.82) is 10.5 Å². The average molecular weight is 406 g/mol. The maximum Gasteiger partial charge on any atom is 0.302 e. The van der Waals surface area contributed by atoms with E-state index in [9.17, 15) is 15.3 Å². The van der Waals surface area contributed by atoms with Gasteiger partial charge in [-0.1, -0.05) is 46.8 Å². The fourth-order valence-corrected chi connectivity index (χ4v) is 3.38. The van der Waals surface area contributed by atoms with Crippen molar-refractivity contribution in [2.75, 3.05) is 16.8 Å². The van der Waals surface area contributed by atoms with Crippen LogP contribution in [0.15, 0.2) is 46.1 Å². The largest absolute Gasteiger partial charge is 0.383 e. The van der Waals surface area contributed by atoms with Crippen LogP contribution in [0.5, 0.6) is 0 Å². The van der Waals surface area contributed by atoms with E-state index in [1.165, 1.54) is 4.68 Å². The van der Waals surface area contributed by atoms with Crippen molar-refractivity contribution in [1.82, 2.24) is 10.3 Å². The van der Waals surface area contributed by atoms with Gasteiger partial charge in [0.1, 0.15) is 28.5 Å². The highest BCUT2D eigenvalue weighted by Gasteiger charge is 2.21. The number of benzene rings is 1. The number of nitrogens with zero attached hydrogens (tertiary/aromatic N) is 5. The zero-order valence-corrected chi connectivity index (χ0v) is 16.2. The third-order valence-corrected chi connectivity index (χ3v) is 4.89. The van der Waals surface area contributed by atoms with Gasteiger partial charge in [0.2, 0.25) is 11.2 Å². The quantitative estimate of drug-likeness (QED) is 0.467. The number of aryl methyl sites for hydroxylation is 1. The van der Waals surface area contributed by atoms with Crippen LogP contribution < -0.4 is 15.7 Å². The molecule has 0 aliphatic rings. The first-order chi connectivity index (χ1) is 14.1. The van der Waals surface area contributed by atoms with Crippen molar-refractivity contribution in [3.05, 3.63) is 47.7 Å². The summed E-state index contributed by atoms with van der Waals surface area (Å²) >= 11 is 1.05. The molecule has 0 saturated heterocycles. The normalized spacial score (nSPS) is 10.2. The second-order valence-corrected chi connectivity index (χ2v) is 6.74. The van der Waals surface area contributed by atoms with Gasteiger partial charge in [-0.2, -0.15) is 10.5 Å². The number of nitrogens with two attached hydrogens (primary N) is 1. The molecular formula is C19H16N7O2S+. The topological polar surface area (TPSA) is 146 Å². The molecule has 2 heterocycles. The Kier molecular flexibility index (Phi) is 6.07. The van der Waals surface area contributed by atoms with Crippen molar-refractivity contribution >= 4 is 29.4 Å². The van der Waals surface area contributed by atoms with E-state index in [1.807, 2.05) is 19.1 Å². The summed E-state index contributed by atoms with van der Waals surface area (Å²) in [5, 5.41) is 25.8. The van der Waals surface area contributed by atoms with Crippen LogP contribution in [0.2, 0.25) is 0 Å². The van der Waals surface area contributed by atoms with Gasteiger partial charge in [-0.3, -0.25) is 14.6 Å². The number of aromatic nitrogens is 3. The van der Waals surface area contributed by atoms with Crippen molar-refractivity contribution in [3.8, 4) is 23.3 Å². The lowest BCUT2D eigenvalue weighted by Gasteiger charge is -2.12. The molecule has 0 unspecified atom stereocenters. The molecule has 3 N–H and O–H groups in total. The Bertz CT molecular complexity index is 1130. The second kappa shape index (κ2) is 8.87. The van der Waals surface area contributed by atoms with E-state index in [-0.39, 0.29) is 39.5 Å². The Morgan fingerprint density at radius 1 is 1.28 bits per heavy atom. The maximum absolute atomic E-state index is 12.2. The fraction of sp³-hybridized carbons (Fsp3) is 0.158. The Balaban J connectivity index is 1.88. The molecule has 3 aromatic rings. The maximum atomic E-state index is 12.2. The number of hydrogen-bond donors (Lipinski definition) is 2. The summed E-state index contributed by atoms with van der Waals surface area (Å²) in [6.07, 6.45) is 1.56. The van der Waals surface area contributed by atoms with E-state index in [1.54, 1.807) is 30.5 Å². The molecule has 0 spiro atoms. The van der Waals surface area contributed by atoms with Crippen LogP contribution in [0.4, 0.5) is 11.7 Å². The van der Waals surface area contributed by atoms with E-state index in [2.05, 4.69) is 21.6 Å². The molecule has 0 aliphatic heterocycles. The van der Waals surface area contributed by atoms with E-state index < -0.39 is 0 Å². The van der Waals surface area contributed by atoms with Gasteiger partial charge >= 0.3 is 5.88 Å². The molecule has 0 atom stereocenters. The molecule has 0 fully saturated rings. The number of nitriles is 2. The highest BCUT2D eigenvalue weighted by molar-refractivity contribution is 8.00. The third kappa shape index (κ3) is 4.34. The zero-order chi connectivity index (χ0) is 20.8. The van der Waals surface area contributed by atoms with Crippen molar-refractivity contribution < 1.29 is 14.0 Å². The summed E-state index contributed by atoms with van der Waals surface area (Å²) in [7, 11) is 0. The van der Waals surface area contributed by atoms with Crippen LogP contribution in [0.1, 0.15) is 18.1 Å². The zero-order valence-electron chi connectivity index (χ0n) is 15.4. The Labute approximate surface area is 170 Å². The first-order valence-corrected chi connectivity index (χ1v) is 9.54. The number of carbonyl (C=O) groups is 1. The highest BCUT2D eigenvalue weighted by Crippen LogP contribution is 2.35. The molecule has 0 bridgehead atoms. The van der Waals surface area contributed by atoms with Gasteiger partial charge < -0.3 is 5.73 Å². The molecule has 2 aromatic heterocycles. The van der Waals surface area contributed by atoms with Gasteiger partial charge in [-0.25, -0.2) is 4.98 Å². The molecule has 10 heteroatoms. The van der Waals surface area contributed by atoms with Gasteiger partial charge in [0.25, 0.3) is 6.20 Å². The minimum atomic E-state index is -0.357. The summed E-state index contributed by atoms with van der Waals surface area (Å²) in [5.74, 6) is -0.166. The van der Waals surface area contributed by atoms with Crippen molar-refractivity contribution in [2.45, 2.75) is 18.5 Å². The predicted molar refractivity (Wildman–Crippen MR) is 105 cm³/mol. The minimum absolute atomic E-state index is 0.00693. The molecule has 9 nitrogen and oxygen atoms in total. The summed E-state index contributed by atoms with van der Waals surface area (Å²) in [5.41, 5.74) is 7.37. The standard InChI is InChI=1S/C19H15N7O2S/c1-2-26-10-16(28-25-26)23-15(27)11-29-19-14(9-21)17(12-6-4-3-5-7-12)13(8-20)18(22)24-19/h3-7,10H,2,11H2,1H3,(H2-,22,23,24,25,27)/p+1. The van der Waals surface area contributed by atoms with Gasteiger partial charge in [-0.15, -0.1) is 0 Å². The Hall–Kier alpha value is -3.89. The van der Waals surface area contributed by atoms with Crippen LogP contribution in [-0.4, -0.2) is 21.9 Å². The van der Waals surface area contributed by atoms with E-state index in [4.69, 9.17) is 10.3 Å². The lowest BCUT2D eigenvalue weighted by molar-refractivity contribution is -0.759. The molecule has 0 aliphatic carbocycles. The van der Waals surface area contributed by atoms with E-state index in [0.29, 0.717) is 17.7 Å². The summed E-state index contributed by atoms with van der Waals surface area (Å²) in [6.45, 7) is 2.50. The average Bonchev–Trinajstić information content (AvgIpc) is 3.19. The van der Waals surface area contributed by atoms with Gasteiger partial charge in [0.05, 0.1) is 11.3 Å². The van der Waals surface area contributed by atoms with E-state index >= 15 is 0 Å². The molecule has 0 radical (unpaired) electrons. The highest BCUT2D eigenvalue weighted by atomic mass is 32.2. The molecule has 144 valence electrons. The third-order valence-electron chi connectivity index (χ3n) is 3.91. The molecule has 0 saturated carbocycles. The van der Waals surface area contributed by atoms with Crippen LogP contribution in [0.3, 0.4) is 0 Å². The predicted octanol–water partition coefficient (Wildman–Crippen LogP) is 2.10. The minimum Gasteiger partial charge on any atom is -0.383 e. The first kappa shape index (κ1) is 19.9.